The Kier molecular flexibility index (Phi) is 6.64. The molecule has 0 saturated heterocycles. The van der Waals surface area contributed by atoms with E-state index in [-0.39, 0.29) is 5.91 Å². The number of halogens is 1. The Morgan fingerprint density at radius 2 is 2.10 bits per heavy atom. The second-order valence-corrected chi connectivity index (χ2v) is 2.41. The van der Waals surface area contributed by atoms with Crippen LogP contribution < -0.4 is 5.48 Å². The number of rotatable bonds is 5. The molecule has 0 aromatic rings. The zero-order valence-corrected chi connectivity index (χ0v) is 6.52. The minimum Gasteiger partial charge on any atom is -0.289 e. The molecule has 4 heteroatoms. The van der Waals surface area contributed by atoms with E-state index < -0.39 is 0 Å². The highest BCUT2D eigenvalue weighted by Gasteiger charge is 1.96. The van der Waals surface area contributed by atoms with Crippen molar-refractivity contribution in [3.63, 3.8) is 0 Å². The maximum Gasteiger partial charge on any atom is 0.243 e. The summed E-state index contributed by atoms with van der Waals surface area (Å²) in [5.41, 5.74) is 1.57. The number of carbonyl (C=O) groups is 1. The Hall–Kier alpha value is -0.280. The molecular formula is C6H12ClNO2. The smallest absolute Gasteiger partial charge is 0.243 e. The first-order valence-electron chi connectivity index (χ1n) is 3.30. The lowest BCUT2D eigenvalue weighted by atomic mass is 10.2. The zero-order chi connectivity index (χ0) is 7.82. The van der Waals surface area contributed by atoms with E-state index in [1.807, 2.05) is 0 Å². The number of hydrogen-bond donors (Lipinski definition) is 2. The average Bonchev–Trinajstić information content (AvgIpc) is 1.98. The van der Waals surface area contributed by atoms with Crippen LogP contribution in [0.4, 0.5) is 0 Å². The molecule has 0 radical (unpaired) electrons. The van der Waals surface area contributed by atoms with Crippen LogP contribution >= 0.6 is 11.6 Å². The van der Waals surface area contributed by atoms with Crippen LogP contribution in [0.1, 0.15) is 25.7 Å². The van der Waals surface area contributed by atoms with Gasteiger partial charge < -0.3 is 0 Å². The largest absolute Gasteiger partial charge is 0.289 e. The van der Waals surface area contributed by atoms with E-state index in [0.717, 1.165) is 19.3 Å². The molecular weight excluding hydrogens is 154 g/mol. The standard InChI is InChI=1S/C6H12ClNO2/c7-5-3-1-2-4-6(9)8-10/h10H,1-5H2,(H,8,9). The number of nitrogens with one attached hydrogen (secondary N) is 1. The Balaban J connectivity index is 2.96. The first kappa shape index (κ1) is 9.72. The van der Waals surface area contributed by atoms with Crippen LogP contribution in [0.2, 0.25) is 0 Å². The molecule has 1 amide bonds. The first-order chi connectivity index (χ1) is 4.81. The number of hydrogen-bond acceptors (Lipinski definition) is 2. The SMILES string of the molecule is O=C(CCCCCCl)NO. The number of alkyl halides is 1. The van der Waals surface area contributed by atoms with Gasteiger partial charge in [0, 0.05) is 12.3 Å². The van der Waals surface area contributed by atoms with Crippen LogP contribution in [-0.4, -0.2) is 17.0 Å². The van der Waals surface area contributed by atoms with Gasteiger partial charge >= 0.3 is 0 Å². The Bertz CT molecular complexity index is 97.7. The third-order valence-corrected chi connectivity index (χ3v) is 1.43. The van der Waals surface area contributed by atoms with Gasteiger partial charge in [0.2, 0.25) is 5.91 Å². The van der Waals surface area contributed by atoms with Crippen LogP contribution in [0.15, 0.2) is 0 Å². The molecule has 0 bridgehead atoms. The van der Waals surface area contributed by atoms with Crippen molar-refractivity contribution in [3.8, 4) is 0 Å². The van der Waals surface area contributed by atoms with E-state index in [2.05, 4.69) is 0 Å². The zero-order valence-electron chi connectivity index (χ0n) is 5.77. The second kappa shape index (κ2) is 6.83. The van der Waals surface area contributed by atoms with Crippen LogP contribution in [0.3, 0.4) is 0 Å². The molecule has 0 fully saturated rings. The van der Waals surface area contributed by atoms with Gasteiger partial charge in [-0.3, -0.25) is 10.0 Å². The molecule has 0 heterocycles. The molecule has 0 aliphatic heterocycles. The van der Waals surface area contributed by atoms with E-state index in [1.165, 1.54) is 0 Å². The maximum atomic E-state index is 10.4. The molecule has 0 aliphatic rings. The summed E-state index contributed by atoms with van der Waals surface area (Å²) in [4.78, 5) is 10.4. The van der Waals surface area contributed by atoms with Gasteiger partial charge in [0.05, 0.1) is 0 Å². The summed E-state index contributed by atoms with van der Waals surface area (Å²) in [6.45, 7) is 0. The van der Waals surface area contributed by atoms with Gasteiger partial charge in [0.15, 0.2) is 0 Å². The van der Waals surface area contributed by atoms with E-state index in [0.29, 0.717) is 12.3 Å². The molecule has 0 atom stereocenters. The van der Waals surface area contributed by atoms with Crippen molar-refractivity contribution in [2.24, 2.45) is 0 Å². The van der Waals surface area contributed by atoms with Crippen molar-refractivity contribution in [1.29, 1.82) is 0 Å². The van der Waals surface area contributed by atoms with Gasteiger partial charge in [-0.05, 0) is 12.8 Å². The van der Waals surface area contributed by atoms with E-state index >= 15 is 0 Å². The van der Waals surface area contributed by atoms with Crippen molar-refractivity contribution in [1.82, 2.24) is 5.48 Å². The predicted octanol–water partition coefficient (Wildman–Crippen LogP) is 1.29. The maximum absolute atomic E-state index is 10.4. The topological polar surface area (TPSA) is 49.3 Å². The fourth-order valence-corrected chi connectivity index (χ4v) is 0.802. The van der Waals surface area contributed by atoms with Crippen LogP contribution in [-0.2, 0) is 4.79 Å². The molecule has 0 saturated carbocycles. The van der Waals surface area contributed by atoms with Crippen LogP contribution in [0, 0.1) is 0 Å². The number of unbranched alkanes of at least 4 members (excludes halogenated alkanes) is 2. The summed E-state index contributed by atoms with van der Waals surface area (Å²) < 4.78 is 0. The van der Waals surface area contributed by atoms with E-state index in [9.17, 15) is 4.79 Å². The second-order valence-electron chi connectivity index (χ2n) is 2.03. The molecule has 0 spiro atoms. The number of amides is 1. The molecule has 0 aromatic heterocycles. The first-order valence-corrected chi connectivity index (χ1v) is 3.83. The fourth-order valence-electron chi connectivity index (χ4n) is 0.613. The van der Waals surface area contributed by atoms with Crippen LogP contribution in [0.5, 0.6) is 0 Å². The quantitative estimate of drug-likeness (QED) is 0.279. The van der Waals surface area contributed by atoms with Crippen molar-refractivity contribution in [2.45, 2.75) is 25.7 Å². The summed E-state index contributed by atoms with van der Waals surface area (Å²) in [7, 11) is 0. The normalized spacial score (nSPS) is 9.40. The highest BCUT2D eigenvalue weighted by Crippen LogP contribution is 2.00. The van der Waals surface area contributed by atoms with Gasteiger partial charge in [-0.1, -0.05) is 6.42 Å². The van der Waals surface area contributed by atoms with E-state index in [4.69, 9.17) is 16.8 Å². The highest BCUT2D eigenvalue weighted by atomic mass is 35.5. The molecule has 0 aliphatic carbocycles. The number of carbonyl (C=O) groups excluding carboxylic acids is 1. The fraction of sp³-hybridized carbons (Fsp3) is 0.833. The van der Waals surface area contributed by atoms with Gasteiger partial charge in [0.25, 0.3) is 0 Å². The van der Waals surface area contributed by atoms with Crippen molar-refractivity contribution in [3.05, 3.63) is 0 Å². The van der Waals surface area contributed by atoms with E-state index in [1.54, 1.807) is 5.48 Å². The Morgan fingerprint density at radius 3 is 2.60 bits per heavy atom. The molecule has 3 nitrogen and oxygen atoms in total. The Morgan fingerprint density at radius 1 is 1.40 bits per heavy atom. The summed E-state index contributed by atoms with van der Waals surface area (Å²) in [6.07, 6.45) is 3.05. The molecule has 10 heavy (non-hydrogen) atoms. The number of hydroxylamine groups is 1. The summed E-state index contributed by atoms with van der Waals surface area (Å²) in [6, 6.07) is 0. The van der Waals surface area contributed by atoms with Crippen molar-refractivity contribution < 1.29 is 10.0 Å². The molecule has 0 rings (SSSR count). The van der Waals surface area contributed by atoms with Gasteiger partial charge in [-0.2, -0.15) is 0 Å². The summed E-state index contributed by atoms with van der Waals surface area (Å²) in [5.74, 6) is 0.315. The summed E-state index contributed by atoms with van der Waals surface area (Å²) in [5, 5.41) is 8.07. The van der Waals surface area contributed by atoms with Crippen LogP contribution in [0.25, 0.3) is 0 Å². The molecule has 2 N–H and O–H groups in total. The van der Waals surface area contributed by atoms with Gasteiger partial charge in [-0.15, -0.1) is 11.6 Å². The monoisotopic (exact) mass is 165 g/mol. The molecule has 0 aromatic carbocycles. The minimum absolute atomic E-state index is 0.324. The third-order valence-electron chi connectivity index (χ3n) is 1.16. The van der Waals surface area contributed by atoms with Gasteiger partial charge in [-0.25, -0.2) is 5.48 Å². The molecule has 60 valence electrons. The lowest BCUT2D eigenvalue weighted by molar-refractivity contribution is -0.129. The molecule has 0 unspecified atom stereocenters. The minimum atomic E-state index is -0.324. The Labute approximate surface area is 65.3 Å². The third kappa shape index (κ3) is 5.85. The van der Waals surface area contributed by atoms with Crippen molar-refractivity contribution in [2.75, 3.05) is 5.88 Å². The summed E-state index contributed by atoms with van der Waals surface area (Å²) >= 11 is 5.40. The highest BCUT2D eigenvalue weighted by molar-refractivity contribution is 6.17. The lowest BCUT2D eigenvalue weighted by Crippen LogP contribution is -2.17. The predicted molar refractivity (Wildman–Crippen MR) is 39.1 cm³/mol. The van der Waals surface area contributed by atoms with Crippen molar-refractivity contribution >= 4 is 17.5 Å². The van der Waals surface area contributed by atoms with Gasteiger partial charge in [0.1, 0.15) is 0 Å². The lowest BCUT2D eigenvalue weighted by Gasteiger charge is -1.96. The average molecular weight is 166 g/mol.